The molecule has 0 radical (unpaired) electrons. The Hall–Kier alpha value is -2.40. The molecule has 2 amide bonds. The monoisotopic (exact) mass is 299 g/mol. The van der Waals surface area contributed by atoms with E-state index in [9.17, 15) is 4.79 Å². The smallest absolute Gasteiger partial charge is 0.319 e. The largest absolute Gasteiger partial charge is 0.389 e. The molecule has 0 unspecified atom stereocenters. The zero-order valence-electron chi connectivity index (χ0n) is 11.7. The minimum absolute atomic E-state index is 0.270. The van der Waals surface area contributed by atoms with Crippen LogP contribution in [0.2, 0.25) is 0 Å². The molecule has 2 aromatic carbocycles. The van der Waals surface area contributed by atoms with Gasteiger partial charge >= 0.3 is 6.03 Å². The number of carbonyl (C=O) groups excluding carboxylic acids is 1. The number of aryl methyl sites for hydroxylation is 1. The Balaban J connectivity index is 2.03. The number of thiocarbonyl (C=S) groups is 1. The molecule has 21 heavy (non-hydrogen) atoms. The van der Waals surface area contributed by atoms with Gasteiger partial charge in [-0.05, 0) is 24.1 Å². The predicted molar refractivity (Wildman–Crippen MR) is 89.4 cm³/mol. The second-order valence-electron chi connectivity index (χ2n) is 4.65. The van der Waals surface area contributed by atoms with Gasteiger partial charge < -0.3 is 16.4 Å². The van der Waals surface area contributed by atoms with Gasteiger partial charge in [-0.3, -0.25) is 0 Å². The van der Waals surface area contributed by atoms with Gasteiger partial charge in [0.25, 0.3) is 0 Å². The Bertz CT molecular complexity index is 656. The number of amides is 2. The van der Waals surface area contributed by atoms with Crippen molar-refractivity contribution in [3.63, 3.8) is 0 Å². The van der Waals surface area contributed by atoms with Crippen LogP contribution in [0.15, 0.2) is 48.5 Å². The molecule has 0 fully saturated rings. The lowest BCUT2D eigenvalue weighted by molar-refractivity contribution is 0.251. The molecule has 0 aliphatic rings. The first-order valence-corrected chi connectivity index (χ1v) is 6.97. The van der Waals surface area contributed by atoms with Crippen LogP contribution in [-0.4, -0.2) is 11.0 Å². The molecule has 0 bridgehead atoms. The zero-order chi connectivity index (χ0) is 15.2. The number of urea groups is 1. The van der Waals surface area contributed by atoms with Gasteiger partial charge in [0.1, 0.15) is 4.99 Å². The van der Waals surface area contributed by atoms with Crippen LogP contribution < -0.4 is 16.4 Å². The molecule has 5 heteroatoms. The summed E-state index contributed by atoms with van der Waals surface area (Å²) in [5, 5.41) is 5.58. The van der Waals surface area contributed by atoms with Gasteiger partial charge in [0.05, 0.1) is 5.69 Å². The molecule has 0 atom stereocenters. The molecule has 0 spiro atoms. The maximum Gasteiger partial charge on any atom is 0.319 e. The standard InChI is InChI=1S/C16H17N3OS/c1-11-6-5-9-13(14(11)15(17)21)19-16(20)18-10-12-7-3-2-4-8-12/h2-9H,10H2,1H3,(H2,17,21)(H2,18,19,20). The first kappa shape index (κ1) is 15.0. The van der Waals surface area contributed by atoms with Crippen molar-refractivity contribution in [2.75, 3.05) is 5.32 Å². The van der Waals surface area contributed by atoms with Crippen molar-refractivity contribution in [1.82, 2.24) is 5.32 Å². The average Bonchev–Trinajstić information content (AvgIpc) is 2.46. The number of nitrogens with two attached hydrogens (primary N) is 1. The zero-order valence-corrected chi connectivity index (χ0v) is 12.5. The van der Waals surface area contributed by atoms with Gasteiger partial charge in [-0.1, -0.05) is 54.7 Å². The number of hydrogen-bond acceptors (Lipinski definition) is 2. The highest BCUT2D eigenvalue weighted by Gasteiger charge is 2.10. The molecule has 4 N–H and O–H groups in total. The normalized spacial score (nSPS) is 9.95. The average molecular weight is 299 g/mol. The highest BCUT2D eigenvalue weighted by atomic mass is 32.1. The third-order valence-corrected chi connectivity index (χ3v) is 3.27. The van der Waals surface area contributed by atoms with E-state index >= 15 is 0 Å². The summed E-state index contributed by atoms with van der Waals surface area (Å²) >= 11 is 5.04. The Morgan fingerprint density at radius 2 is 1.86 bits per heavy atom. The summed E-state index contributed by atoms with van der Waals surface area (Å²) in [4.78, 5) is 12.2. The van der Waals surface area contributed by atoms with Crippen LogP contribution >= 0.6 is 12.2 Å². The van der Waals surface area contributed by atoms with Gasteiger partial charge in [-0.15, -0.1) is 0 Å². The number of nitrogens with one attached hydrogen (secondary N) is 2. The SMILES string of the molecule is Cc1cccc(NC(=O)NCc2ccccc2)c1C(N)=S. The second-order valence-corrected chi connectivity index (χ2v) is 5.09. The Morgan fingerprint density at radius 3 is 2.52 bits per heavy atom. The van der Waals surface area contributed by atoms with Crippen molar-refractivity contribution in [2.45, 2.75) is 13.5 Å². The molecule has 0 heterocycles. The highest BCUT2D eigenvalue weighted by Crippen LogP contribution is 2.19. The summed E-state index contributed by atoms with van der Waals surface area (Å²) in [5.41, 5.74) is 9.00. The molecular formula is C16H17N3OS. The number of anilines is 1. The minimum Gasteiger partial charge on any atom is -0.389 e. The van der Waals surface area contributed by atoms with Crippen molar-refractivity contribution >= 4 is 28.9 Å². The van der Waals surface area contributed by atoms with E-state index in [2.05, 4.69) is 10.6 Å². The number of benzene rings is 2. The van der Waals surface area contributed by atoms with Gasteiger partial charge in [0, 0.05) is 12.1 Å². The fraction of sp³-hybridized carbons (Fsp3) is 0.125. The van der Waals surface area contributed by atoms with Gasteiger partial charge in [0.15, 0.2) is 0 Å². The molecular weight excluding hydrogens is 282 g/mol. The van der Waals surface area contributed by atoms with Crippen molar-refractivity contribution in [3.8, 4) is 0 Å². The van der Waals surface area contributed by atoms with Crippen molar-refractivity contribution in [2.24, 2.45) is 5.73 Å². The quantitative estimate of drug-likeness (QED) is 0.760. The van der Waals surface area contributed by atoms with Crippen LogP contribution in [-0.2, 0) is 6.54 Å². The van der Waals surface area contributed by atoms with Crippen molar-refractivity contribution in [1.29, 1.82) is 0 Å². The molecule has 4 nitrogen and oxygen atoms in total. The van der Waals surface area contributed by atoms with E-state index in [-0.39, 0.29) is 11.0 Å². The van der Waals surface area contributed by atoms with E-state index in [1.165, 1.54) is 0 Å². The molecule has 0 saturated carbocycles. The minimum atomic E-state index is -0.290. The first-order chi connectivity index (χ1) is 10.1. The molecule has 0 aliphatic heterocycles. The molecule has 0 aliphatic carbocycles. The lowest BCUT2D eigenvalue weighted by atomic mass is 10.1. The van der Waals surface area contributed by atoms with Crippen LogP contribution in [0, 0.1) is 6.92 Å². The summed E-state index contributed by atoms with van der Waals surface area (Å²) in [6, 6.07) is 14.9. The summed E-state index contributed by atoms with van der Waals surface area (Å²) in [7, 11) is 0. The predicted octanol–water partition coefficient (Wildman–Crippen LogP) is 2.95. The van der Waals surface area contributed by atoms with Crippen molar-refractivity contribution < 1.29 is 4.79 Å². The number of carbonyl (C=O) groups is 1. The van der Waals surface area contributed by atoms with E-state index in [0.29, 0.717) is 17.8 Å². The molecule has 0 saturated heterocycles. The van der Waals surface area contributed by atoms with E-state index in [4.69, 9.17) is 18.0 Å². The molecule has 0 aromatic heterocycles. The van der Waals surface area contributed by atoms with Crippen LogP contribution in [0.5, 0.6) is 0 Å². The summed E-state index contributed by atoms with van der Waals surface area (Å²) in [5.74, 6) is 0. The lowest BCUT2D eigenvalue weighted by Gasteiger charge is -2.13. The third-order valence-electron chi connectivity index (χ3n) is 3.06. The summed E-state index contributed by atoms with van der Waals surface area (Å²) in [6.45, 7) is 2.36. The summed E-state index contributed by atoms with van der Waals surface area (Å²) < 4.78 is 0. The topological polar surface area (TPSA) is 67.2 Å². The van der Waals surface area contributed by atoms with Crippen LogP contribution in [0.4, 0.5) is 10.5 Å². The number of hydrogen-bond donors (Lipinski definition) is 3. The van der Waals surface area contributed by atoms with E-state index in [0.717, 1.165) is 11.1 Å². The molecule has 2 aromatic rings. The second kappa shape index (κ2) is 6.85. The maximum absolute atomic E-state index is 12.0. The molecule has 108 valence electrons. The van der Waals surface area contributed by atoms with E-state index in [1.807, 2.05) is 49.4 Å². The van der Waals surface area contributed by atoms with Crippen LogP contribution in [0.25, 0.3) is 0 Å². The van der Waals surface area contributed by atoms with Gasteiger partial charge in [-0.25, -0.2) is 4.79 Å². The Kier molecular flexibility index (Phi) is 4.90. The maximum atomic E-state index is 12.0. The Labute approximate surface area is 129 Å². The van der Waals surface area contributed by atoms with Crippen LogP contribution in [0.3, 0.4) is 0 Å². The Morgan fingerprint density at radius 1 is 1.14 bits per heavy atom. The van der Waals surface area contributed by atoms with Crippen LogP contribution in [0.1, 0.15) is 16.7 Å². The van der Waals surface area contributed by atoms with Gasteiger partial charge in [0.2, 0.25) is 0 Å². The first-order valence-electron chi connectivity index (χ1n) is 6.56. The molecule has 2 rings (SSSR count). The third kappa shape index (κ3) is 4.03. The number of rotatable bonds is 4. The highest BCUT2D eigenvalue weighted by molar-refractivity contribution is 7.80. The van der Waals surface area contributed by atoms with E-state index in [1.54, 1.807) is 6.07 Å². The summed E-state index contributed by atoms with van der Waals surface area (Å²) in [6.07, 6.45) is 0. The van der Waals surface area contributed by atoms with Gasteiger partial charge in [-0.2, -0.15) is 0 Å². The lowest BCUT2D eigenvalue weighted by Crippen LogP contribution is -2.29. The van der Waals surface area contributed by atoms with Crippen molar-refractivity contribution in [3.05, 3.63) is 65.2 Å². The fourth-order valence-corrected chi connectivity index (χ4v) is 2.31. The fourth-order valence-electron chi connectivity index (χ4n) is 2.04. The van der Waals surface area contributed by atoms with E-state index < -0.39 is 0 Å².